The summed E-state index contributed by atoms with van der Waals surface area (Å²) in [6.45, 7) is 2.24. The van der Waals surface area contributed by atoms with E-state index in [1.807, 2.05) is 6.08 Å². The summed E-state index contributed by atoms with van der Waals surface area (Å²) in [6, 6.07) is 0. The first-order chi connectivity index (χ1) is 7.15. The third-order valence-electron chi connectivity index (χ3n) is 4.00. The van der Waals surface area contributed by atoms with Gasteiger partial charge in [-0.15, -0.1) is 0 Å². The Morgan fingerprint density at radius 2 is 2.40 bits per heavy atom. The van der Waals surface area contributed by atoms with Crippen molar-refractivity contribution < 1.29 is 9.90 Å². The van der Waals surface area contributed by atoms with E-state index in [2.05, 4.69) is 13.0 Å². The second-order valence-electron chi connectivity index (χ2n) is 4.79. The number of allylic oxidation sites excluding steroid dienone is 3. The Kier molecular flexibility index (Phi) is 2.68. The van der Waals surface area contributed by atoms with Gasteiger partial charge in [0.2, 0.25) is 0 Å². The van der Waals surface area contributed by atoms with Gasteiger partial charge in [0.25, 0.3) is 0 Å². The maximum absolute atomic E-state index is 10.4. The molecule has 0 aliphatic heterocycles. The maximum Gasteiger partial charge on any atom is 0.327 e. The zero-order valence-electron chi connectivity index (χ0n) is 9.20. The van der Waals surface area contributed by atoms with Gasteiger partial charge < -0.3 is 5.11 Å². The normalized spacial score (nSPS) is 28.1. The Balaban J connectivity index is 1.99. The molecule has 2 rings (SSSR count). The molecule has 1 unspecified atom stereocenters. The molecule has 82 valence electrons. The molecule has 0 bridgehead atoms. The molecule has 0 aromatic rings. The lowest BCUT2D eigenvalue weighted by Gasteiger charge is -2.31. The van der Waals surface area contributed by atoms with E-state index in [1.165, 1.54) is 31.8 Å². The second-order valence-corrected chi connectivity index (χ2v) is 4.79. The average Bonchev–Trinajstić information content (AvgIpc) is 2.94. The van der Waals surface area contributed by atoms with E-state index in [4.69, 9.17) is 5.11 Å². The summed E-state index contributed by atoms with van der Waals surface area (Å²) in [4.78, 5) is 10.4. The predicted molar refractivity (Wildman–Crippen MR) is 59.5 cm³/mol. The predicted octanol–water partition coefficient (Wildman–Crippen LogP) is 3.15. The molecule has 0 heterocycles. The topological polar surface area (TPSA) is 37.3 Å². The molecule has 1 spiro atoms. The third-order valence-corrected chi connectivity index (χ3v) is 4.00. The van der Waals surface area contributed by atoms with Crippen molar-refractivity contribution >= 4 is 5.97 Å². The van der Waals surface area contributed by atoms with E-state index >= 15 is 0 Å². The summed E-state index contributed by atoms with van der Waals surface area (Å²) in [6.07, 6.45) is 11.4. The number of aliphatic carboxylic acids is 1. The van der Waals surface area contributed by atoms with Gasteiger partial charge in [-0.1, -0.05) is 17.7 Å². The highest BCUT2D eigenvalue weighted by molar-refractivity contribution is 5.79. The van der Waals surface area contributed by atoms with Crippen LogP contribution in [0.2, 0.25) is 0 Å². The molecule has 0 aromatic carbocycles. The van der Waals surface area contributed by atoms with Gasteiger partial charge in [-0.3, -0.25) is 0 Å². The van der Waals surface area contributed by atoms with Crippen molar-refractivity contribution in [2.45, 2.75) is 39.0 Å². The fraction of sp³-hybridized carbons (Fsp3) is 0.615. The van der Waals surface area contributed by atoms with Gasteiger partial charge in [0.1, 0.15) is 0 Å². The van der Waals surface area contributed by atoms with Crippen LogP contribution in [0.4, 0.5) is 0 Å². The Labute approximate surface area is 90.7 Å². The summed E-state index contributed by atoms with van der Waals surface area (Å²) in [5.41, 5.74) is 2.00. The maximum atomic E-state index is 10.4. The van der Waals surface area contributed by atoms with Crippen molar-refractivity contribution in [1.29, 1.82) is 0 Å². The average molecular weight is 206 g/mol. The molecular formula is C13H18O2. The molecule has 15 heavy (non-hydrogen) atoms. The van der Waals surface area contributed by atoms with Gasteiger partial charge in [0, 0.05) is 6.08 Å². The zero-order valence-corrected chi connectivity index (χ0v) is 9.20. The molecule has 0 saturated heterocycles. The van der Waals surface area contributed by atoms with Gasteiger partial charge >= 0.3 is 5.97 Å². The van der Waals surface area contributed by atoms with E-state index in [1.54, 1.807) is 5.57 Å². The van der Waals surface area contributed by atoms with Gasteiger partial charge in [-0.05, 0) is 50.4 Å². The molecule has 2 aliphatic carbocycles. The number of hydrogen-bond donors (Lipinski definition) is 1. The van der Waals surface area contributed by atoms with Crippen LogP contribution in [-0.4, -0.2) is 11.1 Å². The monoisotopic (exact) mass is 206 g/mol. The first kappa shape index (κ1) is 10.5. The molecular weight excluding hydrogens is 188 g/mol. The van der Waals surface area contributed by atoms with Crippen molar-refractivity contribution in [1.82, 2.24) is 0 Å². The van der Waals surface area contributed by atoms with Crippen LogP contribution in [0.15, 0.2) is 23.8 Å². The molecule has 2 nitrogen and oxygen atoms in total. The minimum absolute atomic E-state index is 0.459. The zero-order chi connectivity index (χ0) is 10.9. The highest BCUT2D eigenvalue weighted by Crippen LogP contribution is 2.61. The minimum atomic E-state index is -0.831. The van der Waals surface area contributed by atoms with Gasteiger partial charge in [0.05, 0.1) is 0 Å². The van der Waals surface area contributed by atoms with E-state index in [0.29, 0.717) is 11.3 Å². The van der Waals surface area contributed by atoms with E-state index in [9.17, 15) is 4.79 Å². The molecule has 2 heteroatoms. The van der Waals surface area contributed by atoms with Crippen LogP contribution in [0, 0.1) is 11.3 Å². The first-order valence-electron chi connectivity index (χ1n) is 5.72. The van der Waals surface area contributed by atoms with Crippen LogP contribution in [0.1, 0.15) is 39.0 Å². The Hall–Kier alpha value is -1.05. The molecule has 1 N–H and O–H groups in total. The minimum Gasteiger partial charge on any atom is -0.478 e. The standard InChI is InChI=1S/C13H18O2/c1-10-4-2-5-11(13(10)8-9-13)6-3-7-12(14)15/h3-4,7,11H,2,5-6,8-9H2,1H3,(H,14,15)/b7-3+. The van der Waals surface area contributed by atoms with Crippen molar-refractivity contribution in [3.05, 3.63) is 23.8 Å². The summed E-state index contributed by atoms with van der Waals surface area (Å²) in [5.74, 6) is -0.152. The fourth-order valence-corrected chi connectivity index (χ4v) is 2.92. The molecule has 1 fully saturated rings. The lowest BCUT2D eigenvalue weighted by Crippen LogP contribution is -2.20. The van der Waals surface area contributed by atoms with Crippen LogP contribution >= 0.6 is 0 Å². The first-order valence-corrected chi connectivity index (χ1v) is 5.72. The van der Waals surface area contributed by atoms with Crippen molar-refractivity contribution in [2.24, 2.45) is 11.3 Å². The van der Waals surface area contributed by atoms with Crippen LogP contribution in [-0.2, 0) is 4.79 Å². The second kappa shape index (κ2) is 3.84. The third kappa shape index (κ3) is 1.99. The van der Waals surface area contributed by atoms with Crippen molar-refractivity contribution in [2.75, 3.05) is 0 Å². The Morgan fingerprint density at radius 1 is 1.67 bits per heavy atom. The molecule has 2 aliphatic rings. The quantitative estimate of drug-likeness (QED) is 0.569. The molecule has 1 atom stereocenters. The van der Waals surface area contributed by atoms with Crippen LogP contribution < -0.4 is 0 Å². The number of carboxylic acid groups (broad SMARTS) is 1. The van der Waals surface area contributed by atoms with Gasteiger partial charge in [0.15, 0.2) is 0 Å². The smallest absolute Gasteiger partial charge is 0.327 e. The van der Waals surface area contributed by atoms with E-state index < -0.39 is 5.97 Å². The summed E-state index contributed by atoms with van der Waals surface area (Å²) in [5, 5.41) is 8.54. The van der Waals surface area contributed by atoms with E-state index in [0.717, 1.165) is 6.42 Å². The van der Waals surface area contributed by atoms with Crippen molar-refractivity contribution in [3.63, 3.8) is 0 Å². The lowest BCUT2D eigenvalue weighted by molar-refractivity contribution is -0.131. The highest BCUT2D eigenvalue weighted by atomic mass is 16.4. The summed E-state index contributed by atoms with van der Waals surface area (Å²) >= 11 is 0. The molecule has 1 saturated carbocycles. The number of hydrogen-bond acceptors (Lipinski definition) is 1. The van der Waals surface area contributed by atoms with Crippen molar-refractivity contribution in [3.8, 4) is 0 Å². The largest absolute Gasteiger partial charge is 0.478 e. The number of rotatable bonds is 3. The summed E-state index contributed by atoms with van der Waals surface area (Å²) < 4.78 is 0. The highest BCUT2D eigenvalue weighted by Gasteiger charge is 2.50. The number of carboxylic acids is 1. The molecule has 0 amide bonds. The fourth-order valence-electron chi connectivity index (χ4n) is 2.92. The van der Waals surface area contributed by atoms with Gasteiger partial charge in [-0.25, -0.2) is 4.79 Å². The van der Waals surface area contributed by atoms with Crippen LogP contribution in [0.5, 0.6) is 0 Å². The SMILES string of the molecule is CC1=CCCC(C/C=C/C(=O)O)C12CC2. The Bertz CT molecular complexity index is 321. The lowest BCUT2D eigenvalue weighted by atomic mass is 9.74. The van der Waals surface area contributed by atoms with Crippen LogP contribution in [0.25, 0.3) is 0 Å². The van der Waals surface area contributed by atoms with Gasteiger partial charge in [-0.2, -0.15) is 0 Å². The van der Waals surface area contributed by atoms with E-state index in [-0.39, 0.29) is 0 Å². The Morgan fingerprint density at radius 3 is 3.00 bits per heavy atom. The molecule has 0 radical (unpaired) electrons. The number of carbonyl (C=O) groups is 1. The summed E-state index contributed by atoms with van der Waals surface area (Å²) in [7, 11) is 0. The van der Waals surface area contributed by atoms with Crippen LogP contribution in [0.3, 0.4) is 0 Å². The molecule has 0 aromatic heterocycles.